The average Bonchev–Trinajstić information content (AvgIpc) is 2.81. The van der Waals surface area contributed by atoms with Crippen molar-refractivity contribution in [2.45, 2.75) is 49.9 Å². The van der Waals surface area contributed by atoms with Crippen molar-refractivity contribution in [2.75, 3.05) is 18.1 Å². The molecule has 0 heterocycles. The number of nitrogens with two attached hydrogens (primary N) is 2. The number of benzene rings is 1. The highest BCUT2D eigenvalue weighted by Crippen LogP contribution is 2.11. The van der Waals surface area contributed by atoms with E-state index < -0.39 is 47.9 Å². The molecule has 0 saturated carbocycles. The van der Waals surface area contributed by atoms with Gasteiger partial charge in [-0.15, -0.1) is 0 Å². The Balaban J connectivity index is 2.73. The molecule has 1 rings (SSSR count). The summed E-state index contributed by atoms with van der Waals surface area (Å²) in [5.41, 5.74) is 11.8. The van der Waals surface area contributed by atoms with Gasteiger partial charge in [0.05, 0.1) is 6.04 Å². The molecule has 0 aromatic heterocycles. The van der Waals surface area contributed by atoms with Crippen molar-refractivity contribution in [1.82, 2.24) is 16.0 Å². The lowest BCUT2D eigenvalue weighted by Crippen LogP contribution is -2.58. The third-order valence-electron chi connectivity index (χ3n) is 4.93. The molecule has 4 atom stereocenters. The van der Waals surface area contributed by atoms with Crippen LogP contribution in [0.1, 0.15) is 24.8 Å². The van der Waals surface area contributed by atoms with Gasteiger partial charge in [0, 0.05) is 17.9 Å². The minimum atomic E-state index is -1.27. The number of phenols is 1. The van der Waals surface area contributed by atoms with Gasteiger partial charge in [-0.2, -0.15) is 25.3 Å². The molecule has 0 aliphatic heterocycles. The van der Waals surface area contributed by atoms with E-state index in [4.69, 9.17) is 11.5 Å². The maximum absolute atomic E-state index is 12.6. The maximum atomic E-state index is 12.6. The number of carbonyl (C=O) groups excluding carboxylic acids is 3. The highest BCUT2D eigenvalue weighted by atomic mass is 32.1. The van der Waals surface area contributed by atoms with Gasteiger partial charge in [-0.3, -0.25) is 14.4 Å². The summed E-state index contributed by atoms with van der Waals surface area (Å²) in [4.78, 5) is 49.2. The van der Waals surface area contributed by atoms with Crippen molar-refractivity contribution in [1.29, 1.82) is 0 Å². The second-order valence-corrected chi connectivity index (χ2v) is 8.38. The van der Waals surface area contributed by atoms with Crippen molar-refractivity contribution in [3.63, 3.8) is 0 Å². The topological polar surface area (TPSA) is 197 Å². The van der Waals surface area contributed by atoms with Crippen molar-refractivity contribution >= 4 is 48.9 Å². The SMILES string of the molecule is NCCCCC(N)C(=O)NC(CS)C(=O)NC(CS)C(=O)NC(Cc1ccc(O)cc1)C(=O)O. The lowest BCUT2D eigenvalue weighted by molar-refractivity contribution is -0.142. The van der Waals surface area contributed by atoms with Crippen molar-refractivity contribution in [3.8, 4) is 5.75 Å². The van der Waals surface area contributed by atoms with Crippen LogP contribution in [0.15, 0.2) is 24.3 Å². The zero-order chi connectivity index (χ0) is 25.7. The Kier molecular flexibility index (Phi) is 13.4. The number of rotatable bonds is 15. The molecule has 34 heavy (non-hydrogen) atoms. The summed E-state index contributed by atoms with van der Waals surface area (Å²) in [6.07, 6.45) is 1.76. The largest absolute Gasteiger partial charge is 0.508 e. The summed E-state index contributed by atoms with van der Waals surface area (Å²) in [7, 11) is 0. The van der Waals surface area contributed by atoms with Crippen LogP contribution >= 0.6 is 25.3 Å². The summed E-state index contributed by atoms with van der Waals surface area (Å²) in [6, 6.07) is 1.58. The predicted molar refractivity (Wildman–Crippen MR) is 134 cm³/mol. The van der Waals surface area contributed by atoms with Gasteiger partial charge >= 0.3 is 5.97 Å². The van der Waals surface area contributed by atoms with Gasteiger partial charge in [0.2, 0.25) is 17.7 Å². The molecule has 0 bridgehead atoms. The number of thiol groups is 2. The lowest BCUT2D eigenvalue weighted by atomic mass is 10.1. The molecular formula is C21H33N5O6S2. The molecule has 1 aromatic rings. The van der Waals surface area contributed by atoms with Crippen LogP contribution in [0.2, 0.25) is 0 Å². The van der Waals surface area contributed by atoms with Gasteiger partial charge in [0.25, 0.3) is 0 Å². The summed E-state index contributed by atoms with van der Waals surface area (Å²) < 4.78 is 0. The zero-order valence-electron chi connectivity index (χ0n) is 18.6. The molecule has 11 nitrogen and oxygen atoms in total. The summed E-state index contributed by atoms with van der Waals surface area (Å²) >= 11 is 8.16. The summed E-state index contributed by atoms with van der Waals surface area (Å²) in [5.74, 6) is -3.37. The molecule has 0 saturated heterocycles. The van der Waals surface area contributed by atoms with E-state index in [2.05, 4.69) is 41.2 Å². The fraction of sp³-hybridized carbons (Fsp3) is 0.524. The predicted octanol–water partition coefficient (Wildman–Crippen LogP) is -1.21. The number of nitrogens with one attached hydrogen (secondary N) is 3. The Labute approximate surface area is 209 Å². The van der Waals surface area contributed by atoms with Crippen LogP contribution in [-0.4, -0.2) is 76.1 Å². The number of aliphatic carboxylic acids is 1. The van der Waals surface area contributed by atoms with Crippen LogP contribution < -0.4 is 27.4 Å². The molecule has 3 amide bonds. The maximum Gasteiger partial charge on any atom is 0.326 e. The fourth-order valence-corrected chi connectivity index (χ4v) is 3.43. The lowest BCUT2D eigenvalue weighted by Gasteiger charge is -2.23. The van der Waals surface area contributed by atoms with E-state index >= 15 is 0 Å². The number of phenolic OH excluding ortho intramolecular Hbond substituents is 1. The number of carboxylic acids is 1. The minimum absolute atomic E-state index is 0.0276. The van der Waals surface area contributed by atoms with Crippen LogP contribution in [0.5, 0.6) is 5.75 Å². The average molecular weight is 516 g/mol. The van der Waals surface area contributed by atoms with Gasteiger partial charge in [-0.1, -0.05) is 18.6 Å². The fourth-order valence-electron chi connectivity index (χ4n) is 2.92. The zero-order valence-corrected chi connectivity index (χ0v) is 20.4. The van der Waals surface area contributed by atoms with Crippen molar-refractivity contribution in [2.24, 2.45) is 11.5 Å². The standard InChI is InChI=1S/C21H33N5O6S2/c22-8-2-1-3-14(23)18(28)25-16(10-33)20(30)26-17(11-34)19(29)24-15(21(31)32)9-12-4-6-13(27)7-5-12/h4-7,14-17,27,33-34H,1-3,8-11,22-23H2,(H,24,29)(H,25,28)(H,26,30)(H,31,32). The highest BCUT2D eigenvalue weighted by Gasteiger charge is 2.29. The minimum Gasteiger partial charge on any atom is -0.508 e. The van der Waals surface area contributed by atoms with E-state index in [1.807, 2.05) is 0 Å². The molecule has 9 N–H and O–H groups in total. The molecule has 13 heteroatoms. The van der Waals surface area contributed by atoms with Crippen molar-refractivity contribution in [3.05, 3.63) is 29.8 Å². The first-order valence-corrected chi connectivity index (χ1v) is 12.0. The Bertz CT molecular complexity index is 826. The number of hydrogen-bond acceptors (Lipinski definition) is 9. The summed E-state index contributed by atoms with van der Waals surface area (Å²) in [6.45, 7) is 0.487. The molecule has 0 fully saturated rings. The Morgan fingerprint density at radius 3 is 1.82 bits per heavy atom. The normalized spacial score (nSPS) is 14.4. The Morgan fingerprint density at radius 2 is 1.35 bits per heavy atom. The van der Waals surface area contributed by atoms with E-state index in [1.54, 1.807) is 0 Å². The third-order valence-corrected chi connectivity index (χ3v) is 5.66. The van der Waals surface area contributed by atoms with Crippen LogP contribution in [0, 0.1) is 0 Å². The number of hydrogen-bond donors (Lipinski definition) is 9. The first kappa shape index (κ1) is 29.6. The van der Waals surface area contributed by atoms with Crippen LogP contribution in [0.4, 0.5) is 0 Å². The molecule has 190 valence electrons. The molecule has 0 aliphatic carbocycles. The molecule has 0 spiro atoms. The molecule has 0 aliphatic rings. The second kappa shape index (κ2) is 15.4. The monoisotopic (exact) mass is 515 g/mol. The van der Waals surface area contributed by atoms with E-state index in [0.717, 1.165) is 6.42 Å². The molecular weight excluding hydrogens is 482 g/mol. The quantitative estimate of drug-likeness (QED) is 0.102. The highest BCUT2D eigenvalue weighted by molar-refractivity contribution is 7.80. The van der Waals surface area contributed by atoms with E-state index in [9.17, 15) is 29.4 Å². The number of carbonyl (C=O) groups is 4. The van der Waals surface area contributed by atoms with E-state index in [0.29, 0.717) is 24.9 Å². The van der Waals surface area contributed by atoms with Crippen molar-refractivity contribution < 1.29 is 29.4 Å². The first-order valence-electron chi connectivity index (χ1n) is 10.7. The first-order chi connectivity index (χ1) is 16.1. The Hall–Kier alpha value is -2.48. The van der Waals surface area contributed by atoms with Crippen LogP contribution in [0.3, 0.4) is 0 Å². The van der Waals surface area contributed by atoms with Gasteiger partial charge in [0.1, 0.15) is 23.9 Å². The van der Waals surface area contributed by atoms with Gasteiger partial charge < -0.3 is 37.6 Å². The van der Waals surface area contributed by atoms with Gasteiger partial charge in [0.15, 0.2) is 0 Å². The Morgan fingerprint density at radius 1 is 0.853 bits per heavy atom. The van der Waals surface area contributed by atoms with Gasteiger partial charge in [-0.05, 0) is 37.1 Å². The van der Waals surface area contributed by atoms with Crippen LogP contribution in [0.25, 0.3) is 0 Å². The third kappa shape index (κ3) is 10.2. The number of unbranched alkanes of at least 4 members (excludes halogenated alkanes) is 1. The molecule has 0 radical (unpaired) electrons. The number of aromatic hydroxyl groups is 1. The molecule has 1 aromatic carbocycles. The van der Waals surface area contributed by atoms with Crippen LogP contribution in [-0.2, 0) is 25.6 Å². The summed E-state index contributed by atoms with van der Waals surface area (Å²) in [5, 5.41) is 26.2. The van der Waals surface area contributed by atoms with E-state index in [-0.39, 0.29) is 23.7 Å². The van der Waals surface area contributed by atoms with E-state index in [1.165, 1.54) is 24.3 Å². The number of amides is 3. The van der Waals surface area contributed by atoms with Gasteiger partial charge in [-0.25, -0.2) is 4.79 Å². The smallest absolute Gasteiger partial charge is 0.326 e. The number of carboxylic acid groups (broad SMARTS) is 1. The second-order valence-electron chi connectivity index (χ2n) is 7.65. The molecule has 4 unspecified atom stereocenters.